The minimum absolute atomic E-state index is 0.213. The molecule has 1 aliphatic carbocycles. The van der Waals surface area contributed by atoms with Crippen LogP contribution in [0, 0.1) is 11.8 Å². The predicted octanol–water partition coefficient (Wildman–Crippen LogP) is 2.94. The van der Waals surface area contributed by atoms with Crippen LogP contribution in [0.25, 0.3) is 0 Å². The molecule has 1 rings (SSSR count). The molecule has 0 saturated heterocycles. The van der Waals surface area contributed by atoms with Gasteiger partial charge in [0, 0.05) is 12.3 Å². The van der Waals surface area contributed by atoms with Crippen LogP contribution in [0.1, 0.15) is 32.6 Å². The van der Waals surface area contributed by atoms with Crippen molar-refractivity contribution in [3.63, 3.8) is 0 Å². The number of hydrogen-bond donors (Lipinski definition) is 0. The van der Waals surface area contributed by atoms with Crippen molar-refractivity contribution in [1.29, 1.82) is 0 Å². The average molecular weight is 194 g/mol. The molecule has 0 aliphatic heterocycles. The number of halogens is 3. The molecule has 0 radical (unpaired) electrons. The van der Waals surface area contributed by atoms with Gasteiger partial charge >= 0.3 is 6.18 Å². The average Bonchev–Trinajstić information content (AvgIpc) is 1.94. The van der Waals surface area contributed by atoms with Gasteiger partial charge in [0.1, 0.15) is 5.78 Å². The maximum absolute atomic E-state index is 12.0. The van der Waals surface area contributed by atoms with Gasteiger partial charge in [0.15, 0.2) is 0 Å². The molecular formula is C9H13F3O. The summed E-state index contributed by atoms with van der Waals surface area (Å²) in [5, 5.41) is 0. The van der Waals surface area contributed by atoms with Crippen molar-refractivity contribution in [3.05, 3.63) is 0 Å². The van der Waals surface area contributed by atoms with Crippen LogP contribution in [0.15, 0.2) is 0 Å². The second kappa shape index (κ2) is 3.68. The van der Waals surface area contributed by atoms with Gasteiger partial charge in [-0.3, -0.25) is 4.79 Å². The number of rotatable bonds is 1. The van der Waals surface area contributed by atoms with Gasteiger partial charge in [0.05, 0.1) is 6.42 Å². The fraction of sp³-hybridized carbons (Fsp3) is 0.889. The van der Waals surface area contributed by atoms with E-state index in [2.05, 4.69) is 0 Å². The first kappa shape index (κ1) is 10.5. The van der Waals surface area contributed by atoms with E-state index in [9.17, 15) is 18.0 Å². The Morgan fingerprint density at radius 3 is 2.62 bits per heavy atom. The van der Waals surface area contributed by atoms with E-state index in [4.69, 9.17) is 0 Å². The molecule has 0 aromatic heterocycles. The van der Waals surface area contributed by atoms with Gasteiger partial charge in [0.25, 0.3) is 0 Å². The van der Waals surface area contributed by atoms with E-state index in [-0.39, 0.29) is 11.7 Å². The number of carbonyl (C=O) groups excluding carboxylic acids is 1. The smallest absolute Gasteiger partial charge is 0.299 e. The van der Waals surface area contributed by atoms with Crippen LogP contribution in [-0.4, -0.2) is 12.0 Å². The third-order valence-corrected chi connectivity index (χ3v) is 2.50. The molecule has 0 spiro atoms. The number of ketones is 1. The molecule has 76 valence electrons. The third kappa shape index (κ3) is 3.36. The lowest BCUT2D eigenvalue weighted by molar-refractivity contribution is -0.156. The molecule has 2 unspecified atom stereocenters. The minimum atomic E-state index is -4.20. The Balaban J connectivity index is 2.52. The first-order valence-corrected chi connectivity index (χ1v) is 4.48. The maximum atomic E-state index is 12.0. The lowest BCUT2D eigenvalue weighted by Gasteiger charge is -2.26. The Morgan fingerprint density at radius 1 is 1.46 bits per heavy atom. The number of alkyl halides is 3. The van der Waals surface area contributed by atoms with Gasteiger partial charge in [-0.2, -0.15) is 13.2 Å². The van der Waals surface area contributed by atoms with Crippen molar-refractivity contribution in [3.8, 4) is 0 Å². The van der Waals surface area contributed by atoms with E-state index in [1.807, 2.05) is 6.92 Å². The molecule has 0 heterocycles. The van der Waals surface area contributed by atoms with Crippen molar-refractivity contribution in [1.82, 2.24) is 0 Å². The molecule has 2 atom stereocenters. The highest BCUT2D eigenvalue weighted by Crippen LogP contribution is 2.34. The monoisotopic (exact) mass is 194 g/mol. The largest absolute Gasteiger partial charge is 0.389 e. The Hall–Kier alpha value is -0.540. The maximum Gasteiger partial charge on any atom is 0.389 e. The zero-order valence-electron chi connectivity index (χ0n) is 7.53. The van der Waals surface area contributed by atoms with E-state index in [0.717, 1.165) is 6.42 Å². The van der Waals surface area contributed by atoms with Gasteiger partial charge in [0.2, 0.25) is 0 Å². The molecule has 0 aromatic rings. The SMILES string of the molecule is CC1CCC(=O)C(CC(F)(F)F)C1. The van der Waals surface area contributed by atoms with Crippen LogP contribution in [0.4, 0.5) is 13.2 Å². The molecule has 0 N–H and O–H groups in total. The Kier molecular flexibility index (Phi) is 2.98. The van der Waals surface area contributed by atoms with Crippen LogP contribution in [-0.2, 0) is 4.79 Å². The standard InChI is InChI=1S/C9H13F3O/c1-6-2-3-8(13)7(4-6)5-9(10,11)12/h6-7H,2-5H2,1H3. The normalized spacial score (nSPS) is 30.6. The van der Waals surface area contributed by atoms with E-state index in [1.54, 1.807) is 0 Å². The van der Waals surface area contributed by atoms with Gasteiger partial charge in [-0.05, 0) is 18.8 Å². The highest BCUT2D eigenvalue weighted by atomic mass is 19.4. The van der Waals surface area contributed by atoms with Crippen LogP contribution in [0.3, 0.4) is 0 Å². The molecule has 0 amide bonds. The fourth-order valence-electron chi connectivity index (χ4n) is 1.80. The summed E-state index contributed by atoms with van der Waals surface area (Å²) >= 11 is 0. The summed E-state index contributed by atoms with van der Waals surface area (Å²) in [5.41, 5.74) is 0. The van der Waals surface area contributed by atoms with Gasteiger partial charge in [-0.25, -0.2) is 0 Å². The lowest BCUT2D eigenvalue weighted by atomic mass is 9.80. The van der Waals surface area contributed by atoms with Crippen molar-refractivity contribution in [2.24, 2.45) is 11.8 Å². The van der Waals surface area contributed by atoms with Gasteiger partial charge < -0.3 is 0 Å². The molecule has 13 heavy (non-hydrogen) atoms. The first-order valence-electron chi connectivity index (χ1n) is 4.48. The van der Waals surface area contributed by atoms with Crippen LogP contribution in [0.2, 0.25) is 0 Å². The molecule has 1 fully saturated rings. The van der Waals surface area contributed by atoms with Gasteiger partial charge in [-0.15, -0.1) is 0 Å². The summed E-state index contributed by atoms with van der Waals surface area (Å²) in [6.07, 6.45) is -3.67. The zero-order chi connectivity index (χ0) is 10.1. The topological polar surface area (TPSA) is 17.1 Å². The Labute approximate surface area is 75.3 Å². The Morgan fingerprint density at radius 2 is 2.08 bits per heavy atom. The second-order valence-electron chi connectivity index (χ2n) is 3.86. The van der Waals surface area contributed by atoms with Crippen molar-refractivity contribution in [2.75, 3.05) is 0 Å². The van der Waals surface area contributed by atoms with Crippen LogP contribution >= 0.6 is 0 Å². The van der Waals surface area contributed by atoms with Crippen molar-refractivity contribution < 1.29 is 18.0 Å². The first-order chi connectivity index (χ1) is 5.88. The quantitative estimate of drug-likeness (QED) is 0.627. The Bertz CT molecular complexity index is 198. The van der Waals surface area contributed by atoms with E-state index >= 15 is 0 Å². The summed E-state index contributed by atoms with van der Waals surface area (Å²) < 4.78 is 36.0. The number of Topliss-reactive ketones (excluding diaryl/α,β-unsaturated/α-hetero) is 1. The molecule has 1 nitrogen and oxygen atoms in total. The summed E-state index contributed by atoms with van der Waals surface area (Å²) in [4.78, 5) is 11.1. The van der Waals surface area contributed by atoms with E-state index in [1.165, 1.54) is 0 Å². The molecule has 4 heteroatoms. The summed E-state index contributed by atoms with van der Waals surface area (Å²) in [7, 11) is 0. The number of carbonyl (C=O) groups is 1. The molecule has 1 aliphatic rings. The third-order valence-electron chi connectivity index (χ3n) is 2.50. The molecule has 1 saturated carbocycles. The van der Waals surface area contributed by atoms with Gasteiger partial charge in [-0.1, -0.05) is 6.92 Å². The lowest BCUT2D eigenvalue weighted by Crippen LogP contribution is -2.28. The number of hydrogen-bond acceptors (Lipinski definition) is 1. The van der Waals surface area contributed by atoms with Crippen molar-refractivity contribution >= 4 is 5.78 Å². The molecular weight excluding hydrogens is 181 g/mol. The van der Waals surface area contributed by atoms with E-state index in [0.29, 0.717) is 12.8 Å². The summed E-state index contributed by atoms with van der Waals surface area (Å²) in [5.74, 6) is -0.732. The predicted molar refractivity (Wildman–Crippen MR) is 42.2 cm³/mol. The fourth-order valence-corrected chi connectivity index (χ4v) is 1.80. The second-order valence-corrected chi connectivity index (χ2v) is 3.86. The molecule has 0 aromatic carbocycles. The van der Waals surface area contributed by atoms with E-state index < -0.39 is 18.5 Å². The molecule has 0 bridgehead atoms. The van der Waals surface area contributed by atoms with Crippen LogP contribution < -0.4 is 0 Å². The highest BCUT2D eigenvalue weighted by molar-refractivity contribution is 5.81. The van der Waals surface area contributed by atoms with Crippen molar-refractivity contribution in [2.45, 2.75) is 38.8 Å². The highest BCUT2D eigenvalue weighted by Gasteiger charge is 2.37. The minimum Gasteiger partial charge on any atom is -0.299 e. The summed E-state index contributed by atoms with van der Waals surface area (Å²) in [6, 6.07) is 0. The zero-order valence-corrected chi connectivity index (χ0v) is 7.53. The summed E-state index contributed by atoms with van der Waals surface area (Å²) in [6.45, 7) is 1.90. The van der Waals surface area contributed by atoms with Crippen LogP contribution in [0.5, 0.6) is 0 Å².